The molecule has 7 nitrogen and oxygen atoms in total. The number of aryl methyl sites for hydroxylation is 1. The zero-order chi connectivity index (χ0) is 27.7. The van der Waals surface area contributed by atoms with Crippen LogP contribution < -0.4 is 9.47 Å². The van der Waals surface area contributed by atoms with Gasteiger partial charge in [-0.2, -0.15) is 0 Å². The second-order valence-electron chi connectivity index (χ2n) is 9.70. The van der Waals surface area contributed by atoms with Crippen molar-refractivity contribution in [3.8, 4) is 11.5 Å². The van der Waals surface area contributed by atoms with Crippen LogP contribution in [0.3, 0.4) is 0 Å². The van der Waals surface area contributed by atoms with Crippen molar-refractivity contribution in [1.82, 2.24) is 9.80 Å². The quantitative estimate of drug-likeness (QED) is 0.148. The van der Waals surface area contributed by atoms with Gasteiger partial charge >= 0.3 is 0 Å². The first-order chi connectivity index (χ1) is 18.4. The maximum atomic E-state index is 13.3. The topological polar surface area (TPSA) is 79.3 Å². The largest absolute Gasteiger partial charge is 0.507 e. The molecular formula is C31H42N2O5. The predicted molar refractivity (Wildman–Crippen MR) is 151 cm³/mol. The average Bonchev–Trinajstić information content (AvgIpc) is 3.18. The number of hydrogen-bond acceptors (Lipinski definition) is 6. The van der Waals surface area contributed by atoms with Gasteiger partial charge in [-0.25, -0.2) is 0 Å². The minimum absolute atomic E-state index is 0.0976. The van der Waals surface area contributed by atoms with Crippen molar-refractivity contribution >= 4 is 17.4 Å². The summed E-state index contributed by atoms with van der Waals surface area (Å²) in [6.45, 7) is 11.9. The Labute approximate surface area is 227 Å². The van der Waals surface area contributed by atoms with Crippen LogP contribution in [0.15, 0.2) is 48.0 Å². The van der Waals surface area contributed by atoms with Crippen molar-refractivity contribution in [1.29, 1.82) is 0 Å². The molecular weight excluding hydrogens is 480 g/mol. The molecule has 1 saturated heterocycles. The van der Waals surface area contributed by atoms with Crippen molar-refractivity contribution in [2.24, 2.45) is 0 Å². The number of aliphatic hydroxyl groups is 1. The van der Waals surface area contributed by atoms with E-state index in [1.54, 1.807) is 24.1 Å². The molecule has 1 amide bonds. The number of amides is 1. The molecule has 1 heterocycles. The van der Waals surface area contributed by atoms with Gasteiger partial charge in [0.1, 0.15) is 5.76 Å². The number of benzene rings is 2. The van der Waals surface area contributed by atoms with Crippen LogP contribution in [-0.2, 0) is 9.59 Å². The van der Waals surface area contributed by atoms with E-state index >= 15 is 0 Å². The van der Waals surface area contributed by atoms with E-state index in [9.17, 15) is 14.7 Å². The standard InChI is InChI=1S/C31H42N2O5/c1-6-9-10-20-38-25-17-16-24(21-26(25)37-5)28-27(29(34)23-14-12-22(4)13-15-23)30(35)31(36)33(28)19-11-18-32(7-2)8-3/h12-17,21,28,34H,6-11,18-20H2,1-5H3. The molecule has 1 aliphatic heterocycles. The van der Waals surface area contributed by atoms with E-state index in [1.165, 1.54) is 0 Å². The Kier molecular flexibility index (Phi) is 10.8. The first kappa shape index (κ1) is 29.2. The van der Waals surface area contributed by atoms with Crippen LogP contribution >= 0.6 is 0 Å². The van der Waals surface area contributed by atoms with Gasteiger partial charge in [-0.15, -0.1) is 0 Å². The Balaban J connectivity index is 2.02. The lowest BCUT2D eigenvalue weighted by atomic mass is 9.94. The normalized spacial score (nSPS) is 16.9. The minimum atomic E-state index is -0.726. The van der Waals surface area contributed by atoms with Gasteiger partial charge in [0.25, 0.3) is 11.7 Å². The Morgan fingerprint density at radius 3 is 2.32 bits per heavy atom. The van der Waals surface area contributed by atoms with Gasteiger partial charge in [-0.1, -0.05) is 69.5 Å². The number of carbonyl (C=O) groups is 2. The molecule has 3 rings (SSSR count). The molecule has 0 spiro atoms. The first-order valence-electron chi connectivity index (χ1n) is 13.7. The lowest BCUT2D eigenvalue weighted by molar-refractivity contribution is -0.140. The van der Waals surface area contributed by atoms with Gasteiger partial charge in [-0.3, -0.25) is 9.59 Å². The Hall–Kier alpha value is -3.32. The fourth-order valence-electron chi connectivity index (χ4n) is 4.84. The van der Waals surface area contributed by atoms with Gasteiger partial charge in [-0.05, 0) is 57.1 Å². The summed E-state index contributed by atoms with van der Waals surface area (Å²) < 4.78 is 11.6. The minimum Gasteiger partial charge on any atom is -0.507 e. The van der Waals surface area contributed by atoms with Gasteiger partial charge < -0.3 is 24.4 Å². The molecule has 2 aromatic rings. The lowest BCUT2D eigenvalue weighted by Crippen LogP contribution is -2.33. The van der Waals surface area contributed by atoms with E-state index in [1.807, 2.05) is 37.3 Å². The van der Waals surface area contributed by atoms with Crippen LogP contribution in [0.25, 0.3) is 5.76 Å². The van der Waals surface area contributed by atoms with Crippen LogP contribution in [0.2, 0.25) is 0 Å². The van der Waals surface area contributed by atoms with Crippen LogP contribution in [0.1, 0.15) is 69.2 Å². The van der Waals surface area contributed by atoms with Crippen LogP contribution in [-0.4, -0.2) is 66.5 Å². The molecule has 206 valence electrons. The van der Waals surface area contributed by atoms with Crippen molar-refractivity contribution < 1.29 is 24.2 Å². The number of likely N-dealkylation sites (tertiary alicyclic amines) is 1. The molecule has 0 aromatic heterocycles. The van der Waals surface area contributed by atoms with Crippen LogP contribution in [0.4, 0.5) is 0 Å². The molecule has 1 fully saturated rings. The number of Topliss-reactive ketones (excluding diaryl/α,β-unsaturated/α-hetero) is 1. The number of unbranched alkanes of at least 4 members (excludes halogenated alkanes) is 2. The molecule has 0 bridgehead atoms. The fraction of sp³-hybridized carbons (Fsp3) is 0.484. The van der Waals surface area contributed by atoms with Crippen molar-refractivity contribution in [2.75, 3.05) is 39.9 Å². The van der Waals surface area contributed by atoms with Crippen molar-refractivity contribution in [3.63, 3.8) is 0 Å². The third kappa shape index (κ3) is 6.76. The second kappa shape index (κ2) is 14.0. The molecule has 2 aromatic carbocycles. The molecule has 1 unspecified atom stereocenters. The zero-order valence-electron chi connectivity index (χ0n) is 23.5. The zero-order valence-corrected chi connectivity index (χ0v) is 23.5. The van der Waals surface area contributed by atoms with E-state index in [4.69, 9.17) is 9.47 Å². The second-order valence-corrected chi connectivity index (χ2v) is 9.70. The van der Waals surface area contributed by atoms with Gasteiger partial charge in [0.15, 0.2) is 11.5 Å². The SMILES string of the molecule is CCCCCOc1ccc(C2C(=C(O)c3ccc(C)cc3)C(=O)C(=O)N2CCCN(CC)CC)cc1OC. The summed E-state index contributed by atoms with van der Waals surface area (Å²) in [5, 5.41) is 11.3. The molecule has 1 aliphatic rings. The average molecular weight is 523 g/mol. The van der Waals surface area contributed by atoms with E-state index in [0.29, 0.717) is 42.2 Å². The van der Waals surface area contributed by atoms with Gasteiger partial charge in [0, 0.05) is 12.1 Å². The summed E-state index contributed by atoms with van der Waals surface area (Å²) >= 11 is 0. The van der Waals surface area contributed by atoms with E-state index in [-0.39, 0.29) is 11.3 Å². The van der Waals surface area contributed by atoms with Gasteiger partial charge in [0.2, 0.25) is 0 Å². The Morgan fingerprint density at radius 1 is 0.974 bits per heavy atom. The van der Waals surface area contributed by atoms with Crippen LogP contribution in [0, 0.1) is 6.92 Å². The van der Waals surface area contributed by atoms with Gasteiger partial charge in [0.05, 0.1) is 25.3 Å². The first-order valence-corrected chi connectivity index (χ1v) is 13.7. The summed E-state index contributed by atoms with van der Waals surface area (Å²) in [6, 6.07) is 12.0. The number of methoxy groups -OCH3 is 1. The maximum Gasteiger partial charge on any atom is 0.295 e. The fourth-order valence-corrected chi connectivity index (χ4v) is 4.84. The molecule has 0 radical (unpaired) electrons. The maximum absolute atomic E-state index is 13.3. The monoisotopic (exact) mass is 522 g/mol. The Bertz CT molecular complexity index is 1120. The number of ketones is 1. The number of nitrogens with zero attached hydrogens (tertiary/aromatic N) is 2. The molecule has 38 heavy (non-hydrogen) atoms. The predicted octanol–water partition coefficient (Wildman–Crippen LogP) is 5.73. The summed E-state index contributed by atoms with van der Waals surface area (Å²) in [4.78, 5) is 30.5. The number of aliphatic hydroxyl groups excluding tert-OH is 1. The summed E-state index contributed by atoms with van der Waals surface area (Å²) in [7, 11) is 1.57. The highest BCUT2D eigenvalue weighted by Gasteiger charge is 2.46. The van der Waals surface area contributed by atoms with Crippen molar-refractivity contribution in [2.45, 2.75) is 59.4 Å². The van der Waals surface area contributed by atoms with E-state index in [0.717, 1.165) is 44.5 Å². The highest BCUT2D eigenvalue weighted by atomic mass is 16.5. The lowest BCUT2D eigenvalue weighted by Gasteiger charge is -2.27. The summed E-state index contributed by atoms with van der Waals surface area (Å²) in [5.74, 6) is -0.289. The highest BCUT2D eigenvalue weighted by Crippen LogP contribution is 2.42. The summed E-state index contributed by atoms with van der Waals surface area (Å²) in [5.41, 5.74) is 2.33. The molecule has 0 saturated carbocycles. The van der Waals surface area contributed by atoms with Crippen molar-refractivity contribution in [3.05, 3.63) is 64.7 Å². The number of hydrogen-bond donors (Lipinski definition) is 1. The third-order valence-electron chi connectivity index (χ3n) is 7.14. The Morgan fingerprint density at radius 2 is 1.68 bits per heavy atom. The molecule has 0 aliphatic carbocycles. The summed E-state index contributed by atoms with van der Waals surface area (Å²) in [6.07, 6.45) is 3.85. The third-order valence-corrected chi connectivity index (χ3v) is 7.14. The number of rotatable bonds is 14. The molecule has 1 atom stereocenters. The van der Waals surface area contributed by atoms with E-state index in [2.05, 4.69) is 25.7 Å². The number of carbonyl (C=O) groups excluding carboxylic acids is 2. The number of ether oxygens (including phenoxy) is 2. The van der Waals surface area contributed by atoms with Crippen LogP contribution in [0.5, 0.6) is 11.5 Å². The smallest absolute Gasteiger partial charge is 0.295 e. The molecule has 1 N–H and O–H groups in total. The molecule has 7 heteroatoms. The highest BCUT2D eigenvalue weighted by molar-refractivity contribution is 6.46. The van der Waals surface area contributed by atoms with E-state index < -0.39 is 17.7 Å².